The van der Waals surface area contributed by atoms with E-state index in [4.69, 9.17) is 10.8 Å². The number of aromatic hydroxyl groups is 1. The Labute approximate surface area is 79.2 Å². The van der Waals surface area contributed by atoms with Crippen LogP contribution in [0.4, 0.5) is 13.2 Å². The standard InChI is InChI=1S/C9H10F3NO/c10-6-3-1-2-5(8(6)14)4-7(13)9(11)12/h1-3,7,9,14H,4,13H2. The van der Waals surface area contributed by atoms with Gasteiger partial charge >= 0.3 is 0 Å². The number of halogens is 3. The molecule has 0 aromatic heterocycles. The van der Waals surface area contributed by atoms with Crippen molar-refractivity contribution in [2.24, 2.45) is 5.73 Å². The van der Waals surface area contributed by atoms with Crippen LogP contribution >= 0.6 is 0 Å². The minimum atomic E-state index is -2.68. The van der Waals surface area contributed by atoms with Crippen molar-refractivity contribution in [2.75, 3.05) is 0 Å². The van der Waals surface area contributed by atoms with Crippen LogP contribution < -0.4 is 5.73 Å². The average Bonchev–Trinajstić information content (AvgIpc) is 2.12. The van der Waals surface area contributed by atoms with Gasteiger partial charge in [-0.2, -0.15) is 0 Å². The molecule has 0 fully saturated rings. The molecule has 2 nitrogen and oxygen atoms in total. The van der Waals surface area contributed by atoms with E-state index in [1.165, 1.54) is 12.1 Å². The molecule has 0 saturated heterocycles. The zero-order valence-corrected chi connectivity index (χ0v) is 7.25. The Balaban J connectivity index is 2.82. The SMILES string of the molecule is NC(Cc1cccc(F)c1O)C(F)F. The van der Waals surface area contributed by atoms with Crippen LogP contribution in [0, 0.1) is 5.82 Å². The molecule has 0 aliphatic heterocycles. The van der Waals surface area contributed by atoms with Crippen molar-refractivity contribution in [1.29, 1.82) is 0 Å². The third-order valence-electron chi connectivity index (χ3n) is 1.85. The van der Waals surface area contributed by atoms with E-state index < -0.39 is 24.0 Å². The van der Waals surface area contributed by atoms with Crippen LogP contribution in [0.3, 0.4) is 0 Å². The molecular formula is C9H10F3NO. The van der Waals surface area contributed by atoms with Crippen LogP contribution in [0.25, 0.3) is 0 Å². The van der Waals surface area contributed by atoms with Crippen molar-refractivity contribution >= 4 is 0 Å². The van der Waals surface area contributed by atoms with Crippen molar-refractivity contribution in [3.05, 3.63) is 29.6 Å². The first-order valence-electron chi connectivity index (χ1n) is 4.02. The Bertz CT molecular complexity index is 317. The molecular weight excluding hydrogens is 195 g/mol. The Kier molecular flexibility index (Phi) is 3.35. The van der Waals surface area contributed by atoms with Gasteiger partial charge in [-0.25, -0.2) is 13.2 Å². The van der Waals surface area contributed by atoms with Gasteiger partial charge in [0.1, 0.15) is 0 Å². The fourth-order valence-corrected chi connectivity index (χ4v) is 1.07. The maximum absolute atomic E-state index is 12.8. The summed E-state index contributed by atoms with van der Waals surface area (Å²) in [5.41, 5.74) is 5.18. The van der Waals surface area contributed by atoms with Crippen LogP contribution in [-0.2, 0) is 6.42 Å². The number of phenols is 1. The molecule has 0 aliphatic carbocycles. The number of phenolic OH excluding ortho intramolecular Hbond substituents is 1. The number of hydrogen-bond donors (Lipinski definition) is 2. The second-order valence-electron chi connectivity index (χ2n) is 2.95. The summed E-state index contributed by atoms with van der Waals surface area (Å²) in [5.74, 6) is -1.44. The highest BCUT2D eigenvalue weighted by atomic mass is 19.3. The minimum absolute atomic E-state index is 0.0952. The van der Waals surface area contributed by atoms with Gasteiger partial charge in [0, 0.05) is 0 Å². The number of hydrogen-bond acceptors (Lipinski definition) is 2. The monoisotopic (exact) mass is 205 g/mol. The van der Waals surface area contributed by atoms with Crippen molar-refractivity contribution < 1.29 is 18.3 Å². The molecule has 0 saturated carbocycles. The van der Waals surface area contributed by atoms with Gasteiger partial charge in [0.15, 0.2) is 11.6 Å². The van der Waals surface area contributed by atoms with Crippen molar-refractivity contribution in [3.63, 3.8) is 0 Å². The van der Waals surface area contributed by atoms with E-state index in [1.807, 2.05) is 0 Å². The fraction of sp³-hybridized carbons (Fsp3) is 0.333. The Morgan fingerprint density at radius 1 is 1.36 bits per heavy atom. The summed E-state index contributed by atoms with van der Waals surface area (Å²) in [6, 6.07) is 2.36. The Morgan fingerprint density at radius 2 is 2.00 bits per heavy atom. The fourth-order valence-electron chi connectivity index (χ4n) is 1.07. The molecule has 0 bridgehead atoms. The molecule has 0 spiro atoms. The van der Waals surface area contributed by atoms with Crippen LogP contribution in [0.2, 0.25) is 0 Å². The van der Waals surface area contributed by atoms with Gasteiger partial charge in [0.05, 0.1) is 6.04 Å². The lowest BCUT2D eigenvalue weighted by Crippen LogP contribution is -2.30. The van der Waals surface area contributed by atoms with E-state index in [0.29, 0.717) is 0 Å². The smallest absolute Gasteiger partial charge is 0.253 e. The quantitative estimate of drug-likeness (QED) is 0.788. The van der Waals surface area contributed by atoms with Gasteiger partial charge in [-0.1, -0.05) is 12.1 Å². The predicted octanol–water partition coefficient (Wildman–Crippen LogP) is 1.67. The number of benzene rings is 1. The lowest BCUT2D eigenvalue weighted by molar-refractivity contribution is 0.115. The molecule has 1 rings (SSSR count). The number of nitrogens with two attached hydrogens (primary N) is 1. The average molecular weight is 205 g/mol. The summed E-state index contributed by atoms with van der Waals surface area (Å²) in [5, 5.41) is 9.15. The van der Waals surface area contributed by atoms with Gasteiger partial charge < -0.3 is 10.8 Å². The summed E-state index contributed by atoms with van der Waals surface area (Å²) < 4.78 is 36.8. The van der Waals surface area contributed by atoms with Crippen LogP contribution in [-0.4, -0.2) is 17.6 Å². The first-order chi connectivity index (χ1) is 6.52. The number of rotatable bonds is 3. The highest BCUT2D eigenvalue weighted by Gasteiger charge is 2.18. The van der Waals surface area contributed by atoms with Crippen LogP contribution in [0.15, 0.2) is 18.2 Å². The summed E-state index contributed by atoms with van der Waals surface area (Å²) in [6.07, 6.45) is -2.93. The zero-order chi connectivity index (χ0) is 10.7. The first-order valence-corrected chi connectivity index (χ1v) is 4.02. The number of para-hydroxylation sites is 1. The van der Waals surface area contributed by atoms with Crippen molar-refractivity contribution in [2.45, 2.75) is 18.9 Å². The summed E-state index contributed by atoms with van der Waals surface area (Å²) in [4.78, 5) is 0. The molecule has 14 heavy (non-hydrogen) atoms. The van der Waals surface area contributed by atoms with E-state index in [9.17, 15) is 13.2 Å². The third-order valence-corrected chi connectivity index (χ3v) is 1.85. The molecule has 3 N–H and O–H groups in total. The van der Waals surface area contributed by atoms with Crippen molar-refractivity contribution in [1.82, 2.24) is 0 Å². The maximum atomic E-state index is 12.8. The molecule has 1 aromatic rings. The zero-order valence-electron chi connectivity index (χ0n) is 7.25. The van der Waals surface area contributed by atoms with E-state index >= 15 is 0 Å². The lowest BCUT2D eigenvalue weighted by Gasteiger charge is -2.11. The molecule has 0 amide bonds. The predicted molar refractivity (Wildman–Crippen MR) is 45.7 cm³/mol. The molecule has 1 unspecified atom stereocenters. The van der Waals surface area contributed by atoms with E-state index in [-0.39, 0.29) is 12.0 Å². The van der Waals surface area contributed by atoms with E-state index in [1.54, 1.807) is 0 Å². The second kappa shape index (κ2) is 4.32. The van der Waals surface area contributed by atoms with Gasteiger partial charge in [0.25, 0.3) is 6.43 Å². The first kappa shape index (κ1) is 10.8. The van der Waals surface area contributed by atoms with Gasteiger partial charge in [-0.05, 0) is 18.1 Å². The highest BCUT2D eigenvalue weighted by molar-refractivity contribution is 5.34. The Hall–Kier alpha value is -1.23. The molecule has 0 aliphatic rings. The lowest BCUT2D eigenvalue weighted by atomic mass is 10.1. The van der Waals surface area contributed by atoms with Crippen LogP contribution in [0.5, 0.6) is 5.75 Å². The van der Waals surface area contributed by atoms with Crippen LogP contribution in [0.1, 0.15) is 5.56 Å². The normalized spacial score (nSPS) is 13.2. The van der Waals surface area contributed by atoms with Gasteiger partial charge in [0.2, 0.25) is 0 Å². The largest absolute Gasteiger partial charge is 0.505 e. The molecule has 1 aromatic carbocycles. The van der Waals surface area contributed by atoms with Crippen molar-refractivity contribution in [3.8, 4) is 5.75 Å². The summed E-state index contributed by atoms with van der Waals surface area (Å²) in [6.45, 7) is 0. The highest BCUT2D eigenvalue weighted by Crippen LogP contribution is 2.22. The number of alkyl halides is 2. The summed E-state index contributed by atoms with van der Waals surface area (Å²) in [7, 11) is 0. The van der Waals surface area contributed by atoms with Gasteiger partial charge in [-0.3, -0.25) is 0 Å². The topological polar surface area (TPSA) is 46.2 Å². The maximum Gasteiger partial charge on any atom is 0.253 e. The second-order valence-corrected chi connectivity index (χ2v) is 2.95. The molecule has 5 heteroatoms. The molecule has 78 valence electrons. The Morgan fingerprint density at radius 3 is 2.57 bits per heavy atom. The third kappa shape index (κ3) is 2.38. The van der Waals surface area contributed by atoms with E-state index in [2.05, 4.69) is 0 Å². The summed E-state index contributed by atoms with van der Waals surface area (Å²) >= 11 is 0. The molecule has 0 radical (unpaired) electrons. The minimum Gasteiger partial charge on any atom is -0.505 e. The molecule has 1 atom stereocenters. The van der Waals surface area contributed by atoms with E-state index in [0.717, 1.165) is 6.07 Å². The molecule has 0 heterocycles. The van der Waals surface area contributed by atoms with Gasteiger partial charge in [-0.15, -0.1) is 0 Å².